The zero-order valence-corrected chi connectivity index (χ0v) is 13.1. The SMILES string of the molecule is CSc1nnc(SCc2cc(-c3ccccc3)on2)s1. The van der Waals surface area contributed by atoms with Gasteiger partial charge in [0.05, 0.1) is 5.69 Å². The fourth-order valence-electron chi connectivity index (χ4n) is 1.59. The van der Waals surface area contributed by atoms with E-state index in [0.29, 0.717) is 0 Å². The van der Waals surface area contributed by atoms with Crippen molar-refractivity contribution in [3.8, 4) is 11.3 Å². The molecule has 2 aromatic heterocycles. The molecule has 0 radical (unpaired) electrons. The minimum atomic E-state index is 0.735. The van der Waals surface area contributed by atoms with Crippen LogP contribution in [-0.2, 0) is 5.75 Å². The topological polar surface area (TPSA) is 51.8 Å². The highest BCUT2D eigenvalue weighted by molar-refractivity contribution is 8.02. The van der Waals surface area contributed by atoms with E-state index in [-0.39, 0.29) is 0 Å². The first kappa shape index (κ1) is 13.7. The fourth-order valence-corrected chi connectivity index (χ4v) is 3.91. The molecule has 0 spiro atoms. The number of benzene rings is 1. The van der Waals surface area contributed by atoms with E-state index in [1.54, 1.807) is 34.9 Å². The molecular weight excluding hydrogens is 310 g/mol. The van der Waals surface area contributed by atoms with Gasteiger partial charge in [0, 0.05) is 17.4 Å². The lowest BCUT2D eigenvalue weighted by Crippen LogP contribution is -1.78. The normalized spacial score (nSPS) is 10.8. The largest absolute Gasteiger partial charge is 0.356 e. The summed E-state index contributed by atoms with van der Waals surface area (Å²) >= 11 is 4.84. The third-order valence-electron chi connectivity index (χ3n) is 2.52. The molecular formula is C13H11N3OS3. The van der Waals surface area contributed by atoms with E-state index in [0.717, 1.165) is 31.4 Å². The second-order valence-electron chi connectivity index (χ2n) is 3.88. The zero-order chi connectivity index (χ0) is 13.8. The summed E-state index contributed by atoms with van der Waals surface area (Å²) in [5, 5.41) is 12.3. The molecule has 3 aromatic rings. The summed E-state index contributed by atoms with van der Waals surface area (Å²) in [5.74, 6) is 1.53. The molecule has 4 nitrogen and oxygen atoms in total. The molecule has 0 aliphatic carbocycles. The van der Waals surface area contributed by atoms with Gasteiger partial charge in [-0.15, -0.1) is 10.2 Å². The van der Waals surface area contributed by atoms with E-state index in [1.165, 1.54) is 0 Å². The van der Waals surface area contributed by atoms with Crippen LogP contribution in [0.4, 0.5) is 0 Å². The van der Waals surface area contributed by atoms with Gasteiger partial charge in [-0.3, -0.25) is 0 Å². The molecule has 0 bridgehead atoms. The number of hydrogen-bond acceptors (Lipinski definition) is 7. The van der Waals surface area contributed by atoms with Crippen molar-refractivity contribution >= 4 is 34.9 Å². The van der Waals surface area contributed by atoms with Crippen LogP contribution in [0.3, 0.4) is 0 Å². The van der Waals surface area contributed by atoms with Crippen molar-refractivity contribution in [2.45, 2.75) is 14.4 Å². The van der Waals surface area contributed by atoms with E-state index in [4.69, 9.17) is 4.52 Å². The highest BCUT2D eigenvalue weighted by atomic mass is 32.2. The summed E-state index contributed by atoms with van der Waals surface area (Å²) in [6, 6.07) is 11.9. The van der Waals surface area contributed by atoms with E-state index >= 15 is 0 Å². The Balaban J connectivity index is 1.65. The lowest BCUT2D eigenvalue weighted by Gasteiger charge is -1.92. The monoisotopic (exact) mass is 321 g/mol. The molecule has 0 atom stereocenters. The van der Waals surface area contributed by atoms with Crippen LogP contribution in [0.2, 0.25) is 0 Å². The highest BCUT2D eigenvalue weighted by Crippen LogP contribution is 2.30. The van der Waals surface area contributed by atoms with Crippen molar-refractivity contribution < 1.29 is 4.52 Å². The maximum absolute atomic E-state index is 5.37. The first-order valence-corrected chi connectivity index (χ1v) is 8.89. The Kier molecular flexibility index (Phi) is 4.39. The first-order valence-electron chi connectivity index (χ1n) is 5.86. The maximum Gasteiger partial charge on any atom is 0.175 e. The van der Waals surface area contributed by atoms with E-state index in [1.807, 2.05) is 42.7 Å². The molecule has 0 saturated heterocycles. The van der Waals surface area contributed by atoms with Crippen molar-refractivity contribution in [2.24, 2.45) is 0 Å². The molecule has 2 heterocycles. The summed E-state index contributed by atoms with van der Waals surface area (Å²) in [6.45, 7) is 0. The molecule has 0 fully saturated rings. The van der Waals surface area contributed by atoms with Crippen LogP contribution < -0.4 is 0 Å². The Hall–Kier alpha value is -1.31. The molecule has 0 aliphatic heterocycles. The maximum atomic E-state index is 5.37. The summed E-state index contributed by atoms with van der Waals surface area (Å²) < 4.78 is 7.31. The fraction of sp³-hybridized carbons (Fsp3) is 0.154. The average molecular weight is 321 g/mol. The van der Waals surface area contributed by atoms with Gasteiger partial charge in [-0.05, 0) is 6.26 Å². The van der Waals surface area contributed by atoms with Crippen LogP contribution in [-0.4, -0.2) is 21.6 Å². The molecule has 7 heteroatoms. The van der Waals surface area contributed by atoms with E-state index < -0.39 is 0 Å². The molecule has 0 aliphatic rings. The molecule has 0 amide bonds. The van der Waals surface area contributed by atoms with Gasteiger partial charge in [0.2, 0.25) is 0 Å². The number of aromatic nitrogens is 3. The quantitative estimate of drug-likeness (QED) is 0.656. The summed E-state index contributed by atoms with van der Waals surface area (Å²) in [7, 11) is 0. The third kappa shape index (κ3) is 3.23. The zero-order valence-electron chi connectivity index (χ0n) is 10.6. The Morgan fingerprint density at radius 1 is 1.15 bits per heavy atom. The molecule has 1 aromatic carbocycles. The van der Waals surface area contributed by atoms with Crippen LogP contribution in [0.1, 0.15) is 5.69 Å². The van der Waals surface area contributed by atoms with E-state index in [2.05, 4.69) is 15.4 Å². The van der Waals surface area contributed by atoms with Crippen LogP contribution in [0.15, 0.2) is 49.6 Å². The number of nitrogens with zero attached hydrogens (tertiary/aromatic N) is 3. The lowest BCUT2D eigenvalue weighted by molar-refractivity contribution is 0.426. The van der Waals surface area contributed by atoms with Crippen LogP contribution >= 0.6 is 34.9 Å². The highest BCUT2D eigenvalue weighted by Gasteiger charge is 2.09. The van der Waals surface area contributed by atoms with E-state index in [9.17, 15) is 0 Å². The third-order valence-corrected chi connectivity index (χ3v) is 5.59. The van der Waals surface area contributed by atoms with Crippen molar-refractivity contribution in [3.63, 3.8) is 0 Å². The van der Waals surface area contributed by atoms with Crippen molar-refractivity contribution in [1.29, 1.82) is 0 Å². The van der Waals surface area contributed by atoms with Gasteiger partial charge in [-0.2, -0.15) is 0 Å². The van der Waals surface area contributed by atoms with Gasteiger partial charge in [0.1, 0.15) is 0 Å². The molecule has 3 rings (SSSR count). The second kappa shape index (κ2) is 6.43. The van der Waals surface area contributed by atoms with Crippen LogP contribution in [0.25, 0.3) is 11.3 Å². The second-order valence-corrected chi connectivity index (χ2v) is 7.13. The molecule has 20 heavy (non-hydrogen) atoms. The molecule has 0 N–H and O–H groups in total. The van der Waals surface area contributed by atoms with Gasteiger partial charge in [-0.25, -0.2) is 0 Å². The number of hydrogen-bond donors (Lipinski definition) is 0. The van der Waals surface area contributed by atoms with Gasteiger partial charge >= 0.3 is 0 Å². The summed E-state index contributed by atoms with van der Waals surface area (Å²) in [4.78, 5) is 0. The summed E-state index contributed by atoms with van der Waals surface area (Å²) in [6.07, 6.45) is 2.00. The Labute approximate surface area is 129 Å². The molecule has 0 unspecified atom stereocenters. The number of rotatable bonds is 5. The standard InChI is InChI=1S/C13H11N3OS3/c1-18-12-14-15-13(20-12)19-8-10-7-11(17-16-10)9-5-3-2-4-6-9/h2-7H,8H2,1H3. The predicted molar refractivity (Wildman–Crippen MR) is 83.2 cm³/mol. The lowest BCUT2D eigenvalue weighted by atomic mass is 10.2. The van der Waals surface area contributed by atoms with Gasteiger partial charge in [0.25, 0.3) is 0 Å². The minimum absolute atomic E-state index is 0.735. The smallest absolute Gasteiger partial charge is 0.175 e. The average Bonchev–Trinajstić information content (AvgIpc) is 3.15. The Morgan fingerprint density at radius 2 is 1.95 bits per heavy atom. The van der Waals surface area contributed by atoms with Gasteiger partial charge in [0.15, 0.2) is 14.4 Å². The molecule has 0 saturated carbocycles. The van der Waals surface area contributed by atoms with Gasteiger partial charge < -0.3 is 4.52 Å². The number of thioether (sulfide) groups is 2. The summed E-state index contributed by atoms with van der Waals surface area (Å²) in [5.41, 5.74) is 1.95. The van der Waals surface area contributed by atoms with Crippen molar-refractivity contribution in [3.05, 3.63) is 42.1 Å². The Morgan fingerprint density at radius 3 is 2.70 bits per heavy atom. The Bertz CT molecular complexity index is 681. The van der Waals surface area contributed by atoms with Crippen LogP contribution in [0, 0.1) is 0 Å². The minimum Gasteiger partial charge on any atom is -0.356 e. The van der Waals surface area contributed by atoms with Crippen molar-refractivity contribution in [1.82, 2.24) is 15.4 Å². The van der Waals surface area contributed by atoms with Crippen LogP contribution in [0.5, 0.6) is 0 Å². The van der Waals surface area contributed by atoms with Gasteiger partial charge in [-0.1, -0.05) is 70.3 Å². The molecule has 102 valence electrons. The predicted octanol–water partition coefficient (Wildman–Crippen LogP) is 4.21. The first-order chi connectivity index (χ1) is 9.85. The van der Waals surface area contributed by atoms with Crippen molar-refractivity contribution in [2.75, 3.05) is 6.26 Å².